The summed E-state index contributed by atoms with van der Waals surface area (Å²) in [5.41, 5.74) is 8.41. The zero-order valence-corrected chi connectivity index (χ0v) is 16.1. The first kappa shape index (κ1) is 17.2. The average molecular weight is 372 g/mol. The molecule has 1 heterocycles. The van der Waals surface area contributed by atoms with Gasteiger partial charge in [0.1, 0.15) is 5.01 Å². The smallest absolute Gasteiger partial charge is 0.124 e. The van der Waals surface area contributed by atoms with E-state index in [0.717, 1.165) is 27.3 Å². The molecule has 0 radical (unpaired) electrons. The minimum Gasteiger partial charge on any atom is -0.378 e. The fourth-order valence-corrected chi connectivity index (χ4v) is 3.69. The molecule has 0 saturated heterocycles. The predicted octanol–water partition coefficient (Wildman–Crippen LogP) is 5.48. The van der Waals surface area contributed by atoms with Gasteiger partial charge in [-0.2, -0.15) is 5.10 Å². The Hall–Kier alpha value is -3.18. The topological polar surface area (TPSA) is 40.5 Å². The molecule has 4 nitrogen and oxygen atoms in total. The van der Waals surface area contributed by atoms with Gasteiger partial charge in [-0.05, 0) is 54.1 Å². The van der Waals surface area contributed by atoms with Crippen molar-refractivity contribution in [2.24, 2.45) is 5.10 Å². The van der Waals surface area contributed by atoms with Crippen molar-refractivity contribution in [1.82, 2.24) is 4.98 Å². The monoisotopic (exact) mass is 372 g/mol. The molecule has 0 spiro atoms. The molecule has 0 atom stereocenters. The van der Waals surface area contributed by atoms with Gasteiger partial charge in [0, 0.05) is 25.3 Å². The number of nitrogens with zero attached hydrogens (tertiary/aromatic N) is 3. The van der Waals surface area contributed by atoms with Crippen LogP contribution in [-0.2, 0) is 0 Å². The Labute approximate surface area is 162 Å². The molecule has 3 aromatic carbocycles. The standard InChI is InChI=1S/C22H20N4S/c1-26(2)19-13-7-16(8-14-19)15-23-25-18-11-9-17(10-12-18)22-24-20-5-3-4-6-21(20)27-22/h3-15,25H,1-2H3/b23-15+. The van der Waals surface area contributed by atoms with E-state index in [4.69, 9.17) is 4.98 Å². The van der Waals surface area contributed by atoms with Crippen molar-refractivity contribution in [2.45, 2.75) is 0 Å². The molecule has 5 heteroatoms. The molecule has 1 aromatic heterocycles. The molecular formula is C22H20N4S. The number of para-hydroxylation sites is 1. The van der Waals surface area contributed by atoms with Crippen molar-refractivity contribution in [3.63, 3.8) is 0 Å². The Morgan fingerprint density at radius 3 is 2.37 bits per heavy atom. The number of thiazole rings is 1. The molecule has 0 aliphatic rings. The summed E-state index contributed by atoms with van der Waals surface area (Å²) >= 11 is 1.71. The van der Waals surface area contributed by atoms with E-state index in [1.807, 2.05) is 50.6 Å². The third-order valence-electron chi connectivity index (χ3n) is 4.24. The summed E-state index contributed by atoms with van der Waals surface area (Å²) < 4.78 is 1.21. The third-order valence-corrected chi connectivity index (χ3v) is 5.33. The van der Waals surface area contributed by atoms with Crippen molar-refractivity contribution in [2.75, 3.05) is 24.4 Å². The Kier molecular flexibility index (Phi) is 4.85. The van der Waals surface area contributed by atoms with E-state index in [2.05, 4.69) is 57.9 Å². The fourth-order valence-electron chi connectivity index (χ4n) is 2.72. The highest BCUT2D eigenvalue weighted by Crippen LogP contribution is 2.30. The quantitative estimate of drug-likeness (QED) is 0.373. The largest absolute Gasteiger partial charge is 0.378 e. The molecule has 0 unspecified atom stereocenters. The lowest BCUT2D eigenvalue weighted by molar-refractivity contribution is 1.13. The van der Waals surface area contributed by atoms with Crippen LogP contribution in [0.25, 0.3) is 20.8 Å². The second kappa shape index (κ2) is 7.60. The van der Waals surface area contributed by atoms with Crippen LogP contribution in [0.1, 0.15) is 5.56 Å². The molecule has 27 heavy (non-hydrogen) atoms. The van der Waals surface area contributed by atoms with Gasteiger partial charge in [0.15, 0.2) is 0 Å². The van der Waals surface area contributed by atoms with E-state index in [0.29, 0.717) is 0 Å². The SMILES string of the molecule is CN(C)c1ccc(/C=N/Nc2ccc(-c3nc4ccccc4s3)cc2)cc1. The molecule has 0 fully saturated rings. The van der Waals surface area contributed by atoms with Gasteiger partial charge in [0.25, 0.3) is 0 Å². The Balaban J connectivity index is 1.43. The summed E-state index contributed by atoms with van der Waals surface area (Å²) in [4.78, 5) is 6.77. The molecule has 1 N–H and O–H groups in total. The number of hydrogen-bond donors (Lipinski definition) is 1. The van der Waals surface area contributed by atoms with Crippen LogP contribution in [0.3, 0.4) is 0 Å². The number of rotatable bonds is 5. The minimum atomic E-state index is 0.945. The van der Waals surface area contributed by atoms with Gasteiger partial charge in [-0.15, -0.1) is 11.3 Å². The summed E-state index contributed by atoms with van der Waals surface area (Å²) in [7, 11) is 4.06. The van der Waals surface area contributed by atoms with Gasteiger partial charge in [-0.1, -0.05) is 24.3 Å². The molecule has 4 aromatic rings. The Morgan fingerprint density at radius 2 is 1.67 bits per heavy atom. The van der Waals surface area contributed by atoms with E-state index in [-0.39, 0.29) is 0 Å². The van der Waals surface area contributed by atoms with Crippen LogP contribution in [0.15, 0.2) is 77.9 Å². The average Bonchev–Trinajstić information content (AvgIpc) is 3.13. The number of fused-ring (bicyclic) bond motifs is 1. The summed E-state index contributed by atoms with van der Waals surface area (Å²) in [5.74, 6) is 0. The molecule has 134 valence electrons. The van der Waals surface area contributed by atoms with Crippen molar-refractivity contribution >= 4 is 39.1 Å². The van der Waals surface area contributed by atoms with Crippen molar-refractivity contribution < 1.29 is 0 Å². The summed E-state index contributed by atoms with van der Waals surface area (Å²) in [6.45, 7) is 0. The van der Waals surface area contributed by atoms with Gasteiger partial charge in [-0.3, -0.25) is 5.43 Å². The summed E-state index contributed by atoms with van der Waals surface area (Å²) in [6.07, 6.45) is 1.82. The van der Waals surface area contributed by atoms with Crippen LogP contribution in [0.4, 0.5) is 11.4 Å². The lowest BCUT2D eigenvalue weighted by atomic mass is 10.2. The van der Waals surface area contributed by atoms with Gasteiger partial charge in [0.05, 0.1) is 22.1 Å². The fraction of sp³-hybridized carbons (Fsp3) is 0.0909. The van der Waals surface area contributed by atoms with E-state index in [9.17, 15) is 0 Å². The number of aromatic nitrogens is 1. The van der Waals surface area contributed by atoms with Crippen LogP contribution in [0.5, 0.6) is 0 Å². The number of anilines is 2. The van der Waals surface area contributed by atoms with Crippen LogP contribution in [-0.4, -0.2) is 25.3 Å². The lowest BCUT2D eigenvalue weighted by Gasteiger charge is -2.11. The second-order valence-corrected chi connectivity index (χ2v) is 7.45. The highest BCUT2D eigenvalue weighted by molar-refractivity contribution is 7.21. The van der Waals surface area contributed by atoms with E-state index >= 15 is 0 Å². The first-order valence-electron chi connectivity index (χ1n) is 8.71. The van der Waals surface area contributed by atoms with Gasteiger partial charge < -0.3 is 4.90 Å². The lowest BCUT2D eigenvalue weighted by Crippen LogP contribution is -2.08. The normalized spacial score (nSPS) is 11.2. The number of hydrazone groups is 1. The van der Waals surface area contributed by atoms with Crippen molar-refractivity contribution in [3.05, 3.63) is 78.4 Å². The molecule has 0 aliphatic carbocycles. The number of nitrogens with one attached hydrogen (secondary N) is 1. The predicted molar refractivity (Wildman–Crippen MR) is 117 cm³/mol. The maximum absolute atomic E-state index is 4.70. The first-order valence-corrected chi connectivity index (χ1v) is 9.53. The third kappa shape index (κ3) is 3.99. The molecule has 0 bridgehead atoms. The van der Waals surface area contributed by atoms with Crippen LogP contribution in [0.2, 0.25) is 0 Å². The minimum absolute atomic E-state index is 0.945. The van der Waals surface area contributed by atoms with Crippen LogP contribution in [0, 0.1) is 0 Å². The van der Waals surface area contributed by atoms with Gasteiger partial charge >= 0.3 is 0 Å². The summed E-state index contributed by atoms with van der Waals surface area (Å²) in [5, 5.41) is 5.36. The van der Waals surface area contributed by atoms with Gasteiger partial charge in [0.2, 0.25) is 0 Å². The number of hydrogen-bond acceptors (Lipinski definition) is 5. The zero-order valence-electron chi connectivity index (χ0n) is 15.3. The highest BCUT2D eigenvalue weighted by atomic mass is 32.1. The van der Waals surface area contributed by atoms with Crippen molar-refractivity contribution in [3.8, 4) is 10.6 Å². The van der Waals surface area contributed by atoms with Crippen molar-refractivity contribution in [1.29, 1.82) is 0 Å². The Morgan fingerprint density at radius 1 is 0.926 bits per heavy atom. The molecule has 0 aliphatic heterocycles. The first-order chi connectivity index (χ1) is 13.2. The van der Waals surface area contributed by atoms with Crippen LogP contribution >= 0.6 is 11.3 Å². The molecule has 0 amide bonds. The maximum Gasteiger partial charge on any atom is 0.124 e. The molecular weight excluding hydrogens is 352 g/mol. The maximum atomic E-state index is 4.70. The highest BCUT2D eigenvalue weighted by Gasteiger charge is 2.05. The number of benzene rings is 3. The van der Waals surface area contributed by atoms with E-state index in [1.165, 1.54) is 10.4 Å². The molecule has 4 rings (SSSR count). The van der Waals surface area contributed by atoms with E-state index < -0.39 is 0 Å². The van der Waals surface area contributed by atoms with E-state index in [1.54, 1.807) is 11.3 Å². The Bertz CT molecular complexity index is 1030. The molecule has 0 saturated carbocycles. The van der Waals surface area contributed by atoms with Gasteiger partial charge in [-0.25, -0.2) is 4.98 Å². The zero-order chi connectivity index (χ0) is 18.6. The summed E-state index contributed by atoms with van der Waals surface area (Å²) in [6, 6.07) is 24.7. The second-order valence-electron chi connectivity index (χ2n) is 6.42. The van der Waals surface area contributed by atoms with Crippen LogP contribution < -0.4 is 10.3 Å².